The van der Waals surface area contributed by atoms with Crippen LogP contribution in [0.3, 0.4) is 0 Å². The zero-order valence-corrected chi connectivity index (χ0v) is 13.7. The molecule has 0 aliphatic heterocycles. The molecule has 3 N–H and O–H groups in total. The Balaban J connectivity index is 2.87. The van der Waals surface area contributed by atoms with E-state index in [1.54, 1.807) is 6.92 Å². The lowest BCUT2D eigenvalue weighted by molar-refractivity contribution is -0.148. The topological polar surface area (TPSA) is 98.5 Å². The Morgan fingerprint density at radius 1 is 1.28 bits per heavy atom. The van der Waals surface area contributed by atoms with Crippen LogP contribution in [0.25, 0.3) is 0 Å². The summed E-state index contributed by atoms with van der Waals surface area (Å²) in [6, 6.07) is 2.53. The van der Waals surface area contributed by atoms with Gasteiger partial charge < -0.3 is 15.8 Å². The van der Waals surface area contributed by atoms with E-state index in [4.69, 9.17) is 10.5 Å². The van der Waals surface area contributed by atoms with E-state index in [9.17, 15) is 27.6 Å². The standard InChI is InChI=1S/C16H19F3N2O4/c1-3-25-15(24)9(2)7-12(13(20)22)21-14(23)10-5-4-6-11(8-10)16(17,18)19/h4-6,8-9,12H,3,7H2,1-2H3,(H2,20,22)(H,21,23)/t9-,12+/m0/s1. The van der Waals surface area contributed by atoms with Gasteiger partial charge in [0.1, 0.15) is 6.04 Å². The molecule has 2 atom stereocenters. The molecule has 9 heteroatoms. The highest BCUT2D eigenvalue weighted by Crippen LogP contribution is 2.29. The van der Waals surface area contributed by atoms with Crippen molar-refractivity contribution in [2.75, 3.05) is 6.61 Å². The van der Waals surface area contributed by atoms with Crippen LogP contribution in [0.5, 0.6) is 0 Å². The van der Waals surface area contributed by atoms with E-state index in [2.05, 4.69) is 5.32 Å². The van der Waals surface area contributed by atoms with Crippen molar-refractivity contribution in [2.45, 2.75) is 32.5 Å². The Kier molecular flexibility index (Phi) is 6.96. The second-order valence-corrected chi connectivity index (χ2v) is 5.40. The van der Waals surface area contributed by atoms with Crippen LogP contribution in [0.1, 0.15) is 36.2 Å². The van der Waals surface area contributed by atoms with Gasteiger partial charge in [0.25, 0.3) is 5.91 Å². The minimum Gasteiger partial charge on any atom is -0.466 e. The van der Waals surface area contributed by atoms with Crippen LogP contribution in [0.15, 0.2) is 24.3 Å². The van der Waals surface area contributed by atoms with Gasteiger partial charge in [-0.3, -0.25) is 14.4 Å². The summed E-state index contributed by atoms with van der Waals surface area (Å²) >= 11 is 0. The van der Waals surface area contributed by atoms with Crippen molar-refractivity contribution < 1.29 is 32.3 Å². The van der Waals surface area contributed by atoms with E-state index in [0.29, 0.717) is 6.07 Å². The molecular weight excluding hydrogens is 341 g/mol. The highest BCUT2D eigenvalue weighted by molar-refractivity contribution is 5.97. The molecule has 138 valence electrons. The molecule has 0 saturated heterocycles. The number of esters is 1. The third kappa shape index (κ3) is 6.09. The van der Waals surface area contributed by atoms with Gasteiger partial charge in [0.15, 0.2) is 0 Å². The maximum absolute atomic E-state index is 12.7. The fourth-order valence-electron chi connectivity index (χ4n) is 2.06. The largest absolute Gasteiger partial charge is 0.466 e. The number of hydrogen-bond acceptors (Lipinski definition) is 4. The number of primary amides is 1. The maximum Gasteiger partial charge on any atom is 0.416 e. The minimum absolute atomic E-state index is 0.126. The molecule has 0 radical (unpaired) electrons. The minimum atomic E-state index is -4.60. The lowest BCUT2D eigenvalue weighted by atomic mass is 10.0. The molecule has 0 unspecified atom stereocenters. The molecule has 2 amide bonds. The van der Waals surface area contributed by atoms with Crippen LogP contribution >= 0.6 is 0 Å². The van der Waals surface area contributed by atoms with Crippen molar-refractivity contribution in [3.63, 3.8) is 0 Å². The third-order valence-electron chi connectivity index (χ3n) is 3.38. The van der Waals surface area contributed by atoms with Gasteiger partial charge in [-0.05, 0) is 31.5 Å². The molecular formula is C16H19F3N2O4. The zero-order chi connectivity index (χ0) is 19.2. The van der Waals surface area contributed by atoms with Gasteiger partial charge in [-0.1, -0.05) is 13.0 Å². The first-order chi connectivity index (χ1) is 11.6. The quantitative estimate of drug-likeness (QED) is 0.725. The summed E-state index contributed by atoms with van der Waals surface area (Å²) in [5.41, 5.74) is 3.94. The SMILES string of the molecule is CCOC(=O)[C@@H](C)C[C@@H](NC(=O)c1cccc(C(F)(F)F)c1)C(N)=O. The normalized spacial score (nSPS) is 13.6. The first-order valence-corrected chi connectivity index (χ1v) is 7.50. The molecule has 0 aliphatic rings. The van der Waals surface area contributed by atoms with E-state index in [1.165, 1.54) is 13.0 Å². The number of nitrogens with one attached hydrogen (secondary N) is 1. The molecule has 6 nitrogen and oxygen atoms in total. The number of amides is 2. The molecule has 0 fully saturated rings. The maximum atomic E-state index is 12.7. The Morgan fingerprint density at radius 2 is 1.92 bits per heavy atom. The number of benzene rings is 1. The highest BCUT2D eigenvalue weighted by atomic mass is 19.4. The molecule has 1 aromatic carbocycles. The summed E-state index contributed by atoms with van der Waals surface area (Å²) in [6.45, 7) is 3.26. The van der Waals surface area contributed by atoms with Gasteiger partial charge >= 0.3 is 12.1 Å². The third-order valence-corrected chi connectivity index (χ3v) is 3.38. The molecule has 1 rings (SSSR count). The zero-order valence-electron chi connectivity index (χ0n) is 13.7. The molecule has 1 aromatic rings. The number of carbonyl (C=O) groups excluding carboxylic acids is 3. The number of halogens is 3. The van der Waals surface area contributed by atoms with Crippen LogP contribution in [-0.4, -0.2) is 30.4 Å². The van der Waals surface area contributed by atoms with E-state index in [0.717, 1.165) is 12.1 Å². The average molecular weight is 360 g/mol. The van der Waals surface area contributed by atoms with Crippen LogP contribution in [-0.2, 0) is 20.5 Å². The van der Waals surface area contributed by atoms with E-state index in [1.807, 2.05) is 0 Å². The van der Waals surface area contributed by atoms with Gasteiger partial charge in [-0.25, -0.2) is 0 Å². The monoisotopic (exact) mass is 360 g/mol. The van der Waals surface area contributed by atoms with Crippen molar-refractivity contribution in [1.82, 2.24) is 5.32 Å². The number of ether oxygens (including phenoxy) is 1. The van der Waals surface area contributed by atoms with Gasteiger partial charge in [-0.15, -0.1) is 0 Å². The fraction of sp³-hybridized carbons (Fsp3) is 0.438. The molecule has 0 bridgehead atoms. The van der Waals surface area contributed by atoms with Gasteiger partial charge in [0.05, 0.1) is 18.1 Å². The molecule has 0 aromatic heterocycles. The number of nitrogens with two attached hydrogens (primary N) is 1. The predicted octanol–water partition coefficient (Wildman–Crippen LogP) is 1.88. The Morgan fingerprint density at radius 3 is 2.44 bits per heavy atom. The van der Waals surface area contributed by atoms with E-state index < -0.39 is 41.5 Å². The number of carbonyl (C=O) groups is 3. The summed E-state index contributed by atoms with van der Waals surface area (Å²) in [7, 11) is 0. The van der Waals surface area contributed by atoms with Gasteiger partial charge in [-0.2, -0.15) is 13.2 Å². The van der Waals surface area contributed by atoms with E-state index in [-0.39, 0.29) is 18.6 Å². The summed E-state index contributed by atoms with van der Waals surface area (Å²) in [4.78, 5) is 35.2. The van der Waals surface area contributed by atoms with Crippen molar-refractivity contribution in [3.05, 3.63) is 35.4 Å². The summed E-state index contributed by atoms with van der Waals surface area (Å²) < 4.78 is 42.9. The molecule has 0 heterocycles. The van der Waals surface area contributed by atoms with Crippen molar-refractivity contribution in [1.29, 1.82) is 0 Å². The van der Waals surface area contributed by atoms with E-state index >= 15 is 0 Å². The molecule has 0 aliphatic carbocycles. The van der Waals surface area contributed by atoms with Gasteiger partial charge in [0, 0.05) is 5.56 Å². The molecule has 0 saturated carbocycles. The Bertz CT molecular complexity index is 647. The molecule has 25 heavy (non-hydrogen) atoms. The second-order valence-electron chi connectivity index (χ2n) is 5.40. The highest BCUT2D eigenvalue weighted by Gasteiger charge is 2.31. The average Bonchev–Trinajstić information content (AvgIpc) is 2.53. The van der Waals surface area contributed by atoms with Crippen LogP contribution in [0, 0.1) is 5.92 Å². The van der Waals surface area contributed by atoms with Crippen LogP contribution < -0.4 is 11.1 Å². The lowest BCUT2D eigenvalue weighted by Crippen LogP contribution is -2.46. The summed E-state index contributed by atoms with van der Waals surface area (Å²) in [6.07, 6.45) is -4.73. The van der Waals surface area contributed by atoms with Crippen molar-refractivity contribution in [2.24, 2.45) is 11.7 Å². The molecule has 0 spiro atoms. The summed E-state index contributed by atoms with van der Waals surface area (Å²) in [5.74, 6) is -3.09. The first-order valence-electron chi connectivity index (χ1n) is 7.50. The number of alkyl halides is 3. The first kappa shape index (κ1) is 20.5. The van der Waals surface area contributed by atoms with Gasteiger partial charge in [0.2, 0.25) is 5.91 Å². The second kappa shape index (κ2) is 8.50. The van der Waals surface area contributed by atoms with Crippen molar-refractivity contribution >= 4 is 17.8 Å². The Hall–Kier alpha value is -2.58. The summed E-state index contributed by atoms with van der Waals surface area (Å²) in [5, 5.41) is 2.25. The predicted molar refractivity (Wildman–Crippen MR) is 82.3 cm³/mol. The van der Waals surface area contributed by atoms with Crippen molar-refractivity contribution in [3.8, 4) is 0 Å². The van der Waals surface area contributed by atoms with Crippen LogP contribution in [0.4, 0.5) is 13.2 Å². The van der Waals surface area contributed by atoms with Crippen LogP contribution in [0.2, 0.25) is 0 Å². The fourth-order valence-corrected chi connectivity index (χ4v) is 2.06. The smallest absolute Gasteiger partial charge is 0.416 e. The number of rotatable bonds is 7. The lowest BCUT2D eigenvalue weighted by Gasteiger charge is -2.19. The number of hydrogen-bond donors (Lipinski definition) is 2. The Labute approximate surface area is 142 Å².